The Balaban J connectivity index is 0.871. The monoisotopic (exact) mass is 905 g/mol. The molecule has 4 aliphatic rings. The second kappa shape index (κ2) is 17.4. The summed E-state index contributed by atoms with van der Waals surface area (Å²) in [5, 5.41) is 14.4. The van der Waals surface area contributed by atoms with Crippen LogP contribution in [-0.2, 0) is 21.2 Å². The maximum absolute atomic E-state index is 13.5. The first-order valence-corrected chi connectivity index (χ1v) is 24.3. The molecular weight excluding hydrogens is 857 g/mol. The minimum absolute atomic E-state index is 0.0788. The Morgan fingerprint density at radius 2 is 1.58 bits per heavy atom. The molecule has 5 aromatic rings. The molecule has 64 heavy (non-hydrogen) atoms. The van der Waals surface area contributed by atoms with Crippen molar-refractivity contribution in [2.45, 2.75) is 37.8 Å². The molecule has 0 spiro atoms. The largest absolute Gasteiger partial charge is 0.494 e. The van der Waals surface area contributed by atoms with E-state index < -0.39 is 36.8 Å². The molecule has 3 aromatic carbocycles. The third kappa shape index (κ3) is 8.42. The van der Waals surface area contributed by atoms with Crippen molar-refractivity contribution >= 4 is 82.2 Å². The molecule has 9 rings (SSSR count). The number of rotatable bonds is 11. The zero-order valence-corrected chi connectivity index (χ0v) is 37.7. The maximum atomic E-state index is 13.5. The van der Waals surface area contributed by atoms with Crippen molar-refractivity contribution < 1.29 is 28.5 Å². The van der Waals surface area contributed by atoms with E-state index in [2.05, 4.69) is 40.7 Å². The van der Waals surface area contributed by atoms with Crippen molar-refractivity contribution in [3.05, 3.63) is 89.3 Å². The number of nitrogens with zero attached hydrogens (tertiary/aromatic N) is 8. The molecule has 6 heterocycles. The molecule has 1 atom stereocenters. The molecule has 1 unspecified atom stereocenters. The van der Waals surface area contributed by atoms with E-state index in [-0.39, 0.29) is 24.0 Å². The van der Waals surface area contributed by atoms with Crippen LogP contribution in [0.2, 0.25) is 5.02 Å². The fourth-order valence-electron chi connectivity index (χ4n) is 9.17. The second-order valence-electron chi connectivity index (χ2n) is 16.9. The Kier molecular flexibility index (Phi) is 11.7. The molecule has 2 aromatic heterocycles. The van der Waals surface area contributed by atoms with Crippen LogP contribution in [0, 0.1) is 0 Å². The molecule has 4 aliphatic heterocycles. The van der Waals surface area contributed by atoms with E-state index in [1.54, 1.807) is 37.3 Å². The summed E-state index contributed by atoms with van der Waals surface area (Å²) in [5.74, 6) is -0.753. The summed E-state index contributed by atoms with van der Waals surface area (Å²) in [6, 6.07) is 16.2. The molecule has 0 bridgehead atoms. The Morgan fingerprint density at radius 1 is 0.828 bits per heavy atom. The van der Waals surface area contributed by atoms with Crippen LogP contribution < -0.4 is 35.8 Å². The second-order valence-corrected chi connectivity index (χ2v) is 20.5. The number of benzene rings is 3. The number of ether oxygens (including phenoxy) is 1. The SMILES string of the molecule is COc1cc(N2CCC(N3CCN(c4ccc5c(c4)C(=O)N(C4CCC(=O)NC4=O)C5=O)CC3)CC2)c(-c2cnn(C)c2)cc1Nc1ncc(Cl)c(Nc2ccccc2P(C)(C)=O)n1. The van der Waals surface area contributed by atoms with E-state index in [1.807, 2.05) is 61.9 Å². The number of halogens is 1. The Labute approximate surface area is 375 Å². The molecule has 3 fully saturated rings. The van der Waals surface area contributed by atoms with E-state index in [0.29, 0.717) is 45.3 Å². The van der Waals surface area contributed by atoms with Gasteiger partial charge in [-0.3, -0.25) is 39.0 Å². The Hall–Kier alpha value is -6.29. The lowest BCUT2D eigenvalue weighted by Gasteiger charge is -2.44. The summed E-state index contributed by atoms with van der Waals surface area (Å²) in [7, 11) is 0.929. The zero-order chi connectivity index (χ0) is 44.9. The number of anilines is 6. The van der Waals surface area contributed by atoms with E-state index in [1.165, 1.54) is 6.20 Å². The third-order valence-corrected chi connectivity index (χ3v) is 14.3. The zero-order valence-electron chi connectivity index (χ0n) is 36.0. The number of carbonyl (C=O) groups excluding carboxylic acids is 4. The van der Waals surface area contributed by atoms with Crippen LogP contribution in [0.15, 0.2) is 73.2 Å². The number of methoxy groups -OCH3 is 1. The standard InChI is InChI=1S/C45H49ClN11O6P/c1-53-26-27(24-48-53)31-22-35(50-45-47-25-33(46)41(52-45)49-34-7-5-6-8-39(34)64(3,4)62)38(63-2)23-37(31)56-15-13-28(14-16-56)54-17-19-55(20-18-54)29-9-10-30-32(21-29)44(61)57(43(30)60)36-11-12-40(58)51-42(36)59/h5-10,21-26,28,36H,11-20H2,1-4H3,(H,51,58,59)(H2,47,49,50,52). The average Bonchev–Trinajstić information content (AvgIpc) is 3.83. The van der Waals surface area contributed by atoms with Gasteiger partial charge in [0.1, 0.15) is 24.0 Å². The van der Waals surface area contributed by atoms with Gasteiger partial charge in [-0.05, 0) is 69.0 Å². The lowest BCUT2D eigenvalue weighted by molar-refractivity contribution is -0.136. The van der Waals surface area contributed by atoms with Gasteiger partial charge in [-0.2, -0.15) is 10.1 Å². The number of fused-ring (bicyclic) bond motifs is 1. The number of piperidine rings is 2. The van der Waals surface area contributed by atoms with Gasteiger partial charge in [0, 0.05) is 98.8 Å². The van der Waals surface area contributed by atoms with Crippen LogP contribution in [0.3, 0.4) is 0 Å². The van der Waals surface area contributed by atoms with E-state index in [9.17, 15) is 23.7 Å². The summed E-state index contributed by atoms with van der Waals surface area (Å²) in [5.41, 5.74) is 5.69. The number of para-hydroxylation sites is 1. The summed E-state index contributed by atoms with van der Waals surface area (Å²) in [4.78, 5) is 68.3. The van der Waals surface area contributed by atoms with E-state index in [4.69, 9.17) is 21.3 Å². The molecule has 0 saturated carbocycles. The maximum Gasteiger partial charge on any atom is 0.262 e. The van der Waals surface area contributed by atoms with Crippen LogP contribution in [0.4, 0.5) is 34.5 Å². The molecular formula is C45H49ClN11O6P. The Bertz CT molecular complexity index is 2720. The predicted octanol–water partition coefficient (Wildman–Crippen LogP) is 5.47. The van der Waals surface area contributed by atoms with Crippen LogP contribution in [0.5, 0.6) is 5.75 Å². The minimum Gasteiger partial charge on any atom is -0.494 e. The predicted molar refractivity (Wildman–Crippen MR) is 246 cm³/mol. The summed E-state index contributed by atoms with van der Waals surface area (Å²) < 4.78 is 20.8. The van der Waals surface area contributed by atoms with Gasteiger partial charge in [0.2, 0.25) is 17.8 Å². The fraction of sp³-hybridized carbons (Fsp3) is 0.356. The number of nitrogens with one attached hydrogen (secondary N) is 3. The van der Waals surface area contributed by atoms with Gasteiger partial charge in [0.05, 0.1) is 42.0 Å². The van der Waals surface area contributed by atoms with Crippen molar-refractivity contribution in [2.24, 2.45) is 7.05 Å². The van der Waals surface area contributed by atoms with Crippen molar-refractivity contribution in [3.8, 4) is 16.9 Å². The molecule has 17 nitrogen and oxygen atoms in total. The van der Waals surface area contributed by atoms with Crippen molar-refractivity contribution in [2.75, 3.05) is 80.1 Å². The van der Waals surface area contributed by atoms with Gasteiger partial charge in [-0.1, -0.05) is 23.7 Å². The topological polar surface area (TPSA) is 187 Å². The van der Waals surface area contributed by atoms with Gasteiger partial charge in [0.15, 0.2) is 5.82 Å². The van der Waals surface area contributed by atoms with Crippen molar-refractivity contribution in [1.29, 1.82) is 0 Å². The molecule has 3 N–H and O–H groups in total. The minimum atomic E-state index is -2.60. The highest BCUT2D eigenvalue weighted by Gasteiger charge is 2.45. The summed E-state index contributed by atoms with van der Waals surface area (Å²) >= 11 is 6.57. The highest BCUT2D eigenvalue weighted by Crippen LogP contribution is 2.42. The fourth-order valence-corrected chi connectivity index (χ4v) is 10.5. The van der Waals surface area contributed by atoms with Crippen LogP contribution in [-0.4, -0.2) is 125 Å². The van der Waals surface area contributed by atoms with Crippen LogP contribution in [0.1, 0.15) is 46.4 Å². The third-order valence-electron chi connectivity index (χ3n) is 12.5. The first-order valence-electron chi connectivity index (χ1n) is 21.3. The Morgan fingerprint density at radius 3 is 2.28 bits per heavy atom. The molecule has 19 heteroatoms. The van der Waals surface area contributed by atoms with Crippen molar-refractivity contribution in [3.63, 3.8) is 0 Å². The summed E-state index contributed by atoms with van der Waals surface area (Å²) in [6.45, 7) is 8.33. The molecule has 0 aliphatic carbocycles. The highest BCUT2D eigenvalue weighted by atomic mass is 35.5. The molecule has 4 amide bonds. The number of amides is 4. The number of aromatic nitrogens is 4. The number of aryl methyl sites for hydroxylation is 1. The van der Waals surface area contributed by atoms with Gasteiger partial charge < -0.3 is 29.7 Å². The van der Waals surface area contributed by atoms with Crippen molar-refractivity contribution in [1.82, 2.24) is 34.9 Å². The number of piperazine rings is 1. The molecule has 0 radical (unpaired) electrons. The van der Waals surface area contributed by atoms with Crippen LogP contribution >= 0.6 is 18.7 Å². The smallest absolute Gasteiger partial charge is 0.262 e. The first kappa shape index (κ1) is 43.0. The first-order chi connectivity index (χ1) is 30.7. The average molecular weight is 906 g/mol. The van der Waals surface area contributed by atoms with E-state index in [0.717, 1.165) is 79.5 Å². The number of hydrogen-bond acceptors (Lipinski definition) is 14. The molecule has 332 valence electrons. The normalized spacial score (nSPS) is 18.6. The number of carbonyl (C=O) groups is 4. The quantitative estimate of drug-likeness (QED) is 0.112. The summed E-state index contributed by atoms with van der Waals surface area (Å²) in [6.07, 6.45) is 7.48. The highest BCUT2D eigenvalue weighted by molar-refractivity contribution is 7.70. The number of hydrogen-bond donors (Lipinski definition) is 3. The van der Waals surface area contributed by atoms with E-state index >= 15 is 0 Å². The lowest BCUT2D eigenvalue weighted by Crippen LogP contribution is -2.54. The van der Waals surface area contributed by atoms with Crippen LogP contribution in [0.25, 0.3) is 11.1 Å². The lowest BCUT2D eigenvalue weighted by atomic mass is 9.98. The van der Waals surface area contributed by atoms with Gasteiger partial charge in [-0.15, -0.1) is 0 Å². The van der Waals surface area contributed by atoms with Gasteiger partial charge in [-0.25, -0.2) is 4.98 Å². The van der Waals surface area contributed by atoms with Gasteiger partial charge in [0.25, 0.3) is 11.8 Å². The number of imide groups is 2. The molecule has 3 saturated heterocycles. The van der Waals surface area contributed by atoms with Gasteiger partial charge >= 0.3 is 0 Å².